The second-order valence-electron chi connectivity index (χ2n) is 6.92. The maximum Gasteiger partial charge on any atom is 0.338 e. The lowest BCUT2D eigenvalue weighted by molar-refractivity contribution is 0.0601. The number of nitrogens with zero attached hydrogens (tertiary/aromatic N) is 1. The molecule has 0 radical (unpaired) electrons. The molecule has 4 aromatic carbocycles. The van der Waals surface area contributed by atoms with Gasteiger partial charge < -0.3 is 9.30 Å². The number of rotatable bonds is 3. The van der Waals surface area contributed by atoms with Crippen molar-refractivity contribution in [3.8, 4) is 16.8 Å². The van der Waals surface area contributed by atoms with Gasteiger partial charge in [-0.15, -0.1) is 0 Å². The molecule has 3 heteroatoms. The minimum atomic E-state index is -0.329. The number of aromatic nitrogens is 1. The van der Waals surface area contributed by atoms with Crippen LogP contribution in [0.3, 0.4) is 0 Å². The fraction of sp³-hybridized carbons (Fsp3) is 0.0385. The zero-order chi connectivity index (χ0) is 19.8. The van der Waals surface area contributed by atoms with Gasteiger partial charge in [0.25, 0.3) is 0 Å². The van der Waals surface area contributed by atoms with Crippen molar-refractivity contribution in [2.24, 2.45) is 0 Å². The Balaban J connectivity index is 1.92. The molecule has 0 bridgehead atoms. The van der Waals surface area contributed by atoms with Crippen LogP contribution in [0.15, 0.2) is 97.1 Å². The third-order valence-electron chi connectivity index (χ3n) is 5.33. The summed E-state index contributed by atoms with van der Waals surface area (Å²) in [6.07, 6.45) is 0. The fourth-order valence-electron chi connectivity index (χ4n) is 4.10. The third-order valence-corrected chi connectivity index (χ3v) is 5.33. The van der Waals surface area contributed by atoms with Gasteiger partial charge >= 0.3 is 5.97 Å². The van der Waals surface area contributed by atoms with Crippen molar-refractivity contribution in [1.82, 2.24) is 4.57 Å². The Hall–Kier alpha value is -3.85. The van der Waals surface area contributed by atoms with Crippen molar-refractivity contribution in [2.75, 3.05) is 7.11 Å². The van der Waals surface area contributed by atoms with Crippen LogP contribution in [0.1, 0.15) is 10.4 Å². The molecule has 5 aromatic rings. The van der Waals surface area contributed by atoms with E-state index in [0.29, 0.717) is 5.56 Å². The quantitative estimate of drug-likeness (QED) is 0.349. The highest BCUT2D eigenvalue weighted by molar-refractivity contribution is 6.17. The van der Waals surface area contributed by atoms with Crippen LogP contribution in [0.2, 0.25) is 0 Å². The van der Waals surface area contributed by atoms with Gasteiger partial charge in [0, 0.05) is 16.5 Å². The van der Waals surface area contributed by atoms with E-state index in [1.807, 2.05) is 48.5 Å². The van der Waals surface area contributed by atoms with Crippen LogP contribution in [-0.4, -0.2) is 17.6 Å². The van der Waals surface area contributed by atoms with Crippen molar-refractivity contribution < 1.29 is 9.53 Å². The van der Waals surface area contributed by atoms with Crippen LogP contribution < -0.4 is 0 Å². The number of hydrogen-bond donors (Lipinski definition) is 0. The molecule has 3 nitrogen and oxygen atoms in total. The fourth-order valence-corrected chi connectivity index (χ4v) is 4.10. The highest BCUT2D eigenvalue weighted by Gasteiger charge is 2.19. The number of carbonyl (C=O) groups is 1. The summed E-state index contributed by atoms with van der Waals surface area (Å²) in [6.45, 7) is 0. The minimum absolute atomic E-state index is 0.329. The number of hydrogen-bond acceptors (Lipinski definition) is 2. The standard InChI is InChI=1S/C26H19NO2/c1-29-26(28)21-13-6-5-12-19(21)20-15-9-17-24-25(20)22-14-7-8-16-23(22)27(24)18-10-3-2-4-11-18/h2-17H,1H3. The Labute approximate surface area is 168 Å². The summed E-state index contributed by atoms with van der Waals surface area (Å²) >= 11 is 0. The van der Waals surface area contributed by atoms with Gasteiger partial charge in [0.2, 0.25) is 0 Å². The summed E-state index contributed by atoms with van der Waals surface area (Å²) in [4.78, 5) is 12.4. The second kappa shape index (κ2) is 6.95. The molecule has 0 fully saturated rings. The lowest BCUT2D eigenvalue weighted by Crippen LogP contribution is -2.03. The number of fused-ring (bicyclic) bond motifs is 3. The number of benzene rings is 4. The molecule has 1 aromatic heterocycles. The SMILES string of the molecule is COC(=O)c1ccccc1-c1cccc2c1c1ccccc1n2-c1ccccc1. The van der Waals surface area contributed by atoms with Gasteiger partial charge in [0.05, 0.1) is 23.7 Å². The van der Waals surface area contributed by atoms with Crippen LogP contribution in [0.5, 0.6) is 0 Å². The van der Waals surface area contributed by atoms with Crippen molar-refractivity contribution in [1.29, 1.82) is 0 Å². The van der Waals surface area contributed by atoms with E-state index < -0.39 is 0 Å². The molecule has 0 aliphatic rings. The average molecular weight is 377 g/mol. The summed E-state index contributed by atoms with van der Waals surface area (Å²) in [5.74, 6) is -0.329. The topological polar surface area (TPSA) is 31.2 Å². The van der Waals surface area contributed by atoms with Gasteiger partial charge in [0.1, 0.15) is 0 Å². The van der Waals surface area contributed by atoms with Crippen LogP contribution in [0, 0.1) is 0 Å². The lowest BCUT2D eigenvalue weighted by Gasteiger charge is -2.11. The van der Waals surface area contributed by atoms with Gasteiger partial charge in [-0.05, 0) is 41.5 Å². The van der Waals surface area contributed by atoms with Gasteiger partial charge in [-0.25, -0.2) is 4.79 Å². The molecule has 1 heterocycles. The van der Waals surface area contributed by atoms with Crippen LogP contribution in [-0.2, 0) is 4.74 Å². The highest BCUT2D eigenvalue weighted by atomic mass is 16.5. The first kappa shape index (κ1) is 17.3. The van der Waals surface area contributed by atoms with Crippen molar-refractivity contribution in [3.05, 3.63) is 103 Å². The van der Waals surface area contributed by atoms with Crippen LogP contribution >= 0.6 is 0 Å². The number of methoxy groups -OCH3 is 1. The first-order chi connectivity index (χ1) is 14.3. The van der Waals surface area contributed by atoms with Crippen molar-refractivity contribution in [3.63, 3.8) is 0 Å². The summed E-state index contributed by atoms with van der Waals surface area (Å²) < 4.78 is 7.30. The van der Waals surface area contributed by atoms with Gasteiger partial charge in [-0.1, -0.05) is 66.7 Å². The van der Waals surface area contributed by atoms with E-state index in [1.54, 1.807) is 0 Å². The molecular weight excluding hydrogens is 358 g/mol. The van der Waals surface area contributed by atoms with E-state index in [-0.39, 0.29) is 5.97 Å². The van der Waals surface area contributed by atoms with Gasteiger partial charge in [-0.2, -0.15) is 0 Å². The summed E-state index contributed by atoms with van der Waals surface area (Å²) in [5, 5.41) is 2.28. The van der Waals surface area contributed by atoms with Gasteiger partial charge in [0.15, 0.2) is 0 Å². The largest absolute Gasteiger partial charge is 0.465 e. The van der Waals surface area contributed by atoms with E-state index in [4.69, 9.17) is 4.74 Å². The molecule has 0 N–H and O–H groups in total. The van der Waals surface area contributed by atoms with E-state index >= 15 is 0 Å². The molecule has 0 atom stereocenters. The second-order valence-corrected chi connectivity index (χ2v) is 6.92. The van der Waals surface area contributed by atoms with E-state index in [9.17, 15) is 4.79 Å². The summed E-state index contributed by atoms with van der Waals surface area (Å²) in [6, 6.07) is 32.6. The number of carbonyl (C=O) groups excluding carboxylic acids is 1. The first-order valence-corrected chi connectivity index (χ1v) is 9.55. The Bertz CT molecular complexity index is 1350. The monoisotopic (exact) mass is 377 g/mol. The number of para-hydroxylation sites is 2. The maximum atomic E-state index is 12.4. The highest BCUT2D eigenvalue weighted by Crippen LogP contribution is 2.39. The van der Waals surface area contributed by atoms with Gasteiger partial charge in [-0.3, -0.25) is 0 Å². The normalized spacial score (nSPS) is 11.1. The molecule has 29 heavy (non-hydrogen) atoms. The molecule has 5 rings (SSSR count). The molecule has 0 amide bonds. The molecular formula is C26H19NO2. The molecule has 140 valence electrons. The lowest BCUT2D eigenvalue weighted by atomic mass is 9.95. The molecule has 0 saturated heterocycles. The zero-order valence-corrected chi connectivity index (χ0v) is 16.0. The summed E-state index contributed by atoms with van der Waals surface area (Å²) in [7, 11) is 1.42. The Morgan fingerprint density at radius 3 is 2.17 bits per heavy atom. The summed E-state index contributed by atoms with van der Waals surface area (Å²) in [5.41, 5.74) is 5.82. The molecule has 0 saturated carbocycles. The maximum absolute atomic E-state index is 12.4. The van der Waals surface area contributed by atoms with E-state index in [1.165, 1.54) is 7.11 Å². The minimum Gasteiger partial charge on any atom is -0.465 e. The smallest absolute Gasteiger partial charge is 0.338 e. The predicted molar refractivity (Wildman–Crippen MR) is 118 cm³/mol. The Morgan fingerprint density at radius 1 is 0.690 bits per heavy atom. The van der Waals surface area contributed by atoms with Crippen molar-refractivity contribution in [2.45, 2.75) is 0 Å². The van der Waals surface area contributed by atoms with Crippen LogP contribution in [0.25, 0.3) is 38.6 Å². The Kier molecular flexibility index (Phi) is 4.14. The third kappa shape index (κ3) is 2.71. The predicted octanol–water partition coefficient (Wildman–Crippen LogP) is 6.24. The molecule has 0 aliphatic carbocycles. The van der Waals surface area contributed by atoms with E-state index in [2.05, 4.69) is 53.1 Å². The zero-order valence-electron chi connectivity index (χ0n) is 16.0. The van der Waals surface area contributed by atoms with Crippen molar-refractivity contribution >= 4 is 27.8 Å². The number of esters is 1. The Morgan fingerprint density at radius 2 is 1.34 bits per heavy atom. The van der Waals surface area contributed by atoms with Crippen LogP contribution in [0.4, 0.5) is 0 Å². The number of ether oxygens (including phenoxy) is 1. The molecule has 0 spiro atoms. The first-order valence-electron chi connectivity index (χ1n) is 9.55. The molecule has 0 unspecified atom stereocenters. The van der Waals surface area contributed by atoms with E-state index in [0.717, 1.165) is 38.6 Å². The average Bonchev–Trinajstić information content (AvgIpc) is 3.14. The molecule has 0 aliphatic heterocycles.